The molecule has 0 amide bonds. The van der Waals surface area contributed by atoms with Gasteiger partial charge in [-0.1, -0.05) is 27.4 Å². The van der Waals surface area contributed by atoms with Gasteiger partial charge in [-0.25, -0.2) is 4.79 Å². The molecule has 3 nitrogen and oxygen atoms in total. The topological polar surface area (TPSA) is 35.5 Å². The van der Waals surface area contributed by atoms with Crippen LogP contribution in [-0.4, -0.2) is 19.7 Å². The summed E-state index contributed by atoms with van der Waals surface area (Å²) < 4.78 is 10.7. The van der Waals surface area contributed by atoms with Crippen LogP contribution in [0.2, 0.25) is 0 Å². The first kappa shape index (κ1) is 34.3. The lowest BCUT2D eigenvalue weighted by atomic mass is 9.75. The fourth-order valence-corrected chi connectivity index (χ4v) is 7.44. The van der Waals surface area contributed by atoms with Crippen molar-refractivity contribution >= 4 is 5.97 Å². The molecule has 0 radical (unpaired) electrons. The number of benzene rings is 3. The van der Waals surface area contributed by atoms with Gasteiger partial charge in [0.15, 0.2) is 0 Å². The van der Waals surface area contributed by atoms with Gasteiger partial charge in [0.2, 0.25) is 0 Å². The zero-order chi connectivity index (χ0) is 32.5. The van der Waals surface area contributed by atoms with E-state index < -0.39 is 5.97 Å². The number of ether oxygens (including phenoxy) is 2. The largest absolute Gasteiger partial charge is 0.457 e. The van der Waals surface area contributed by atoms with Crippen molar-refractivity contribution in [3.63, 3.8) is 0 Å². The van der Waals surface area contributed by atoms with Crippen LogP contribution in [-0.2, 0) is 40.1 Å². The Kier molecular flexibility index (Phi) is 10.9. The maximum absolute atomic E-state index is 12.5. The molecule has 0 aliphatic rings. The van der Waals surface area contributed by atoms with Crippen molar-refractivity contribution in [3.05, 3.63) is 90.0 Å². The van der Waals surface area contributed by atoms with Crippen LogP contribution in [0.5, 0.6) is 0 Å². The van der Waals surface area contributed by atoms with Gasteiger partial charge in [0.25, 0.3) is 0 Å². The van der Waals surface area contributed by atoms with E-state index in [4.69, 9.17) is 9.47 Å². The highest BCUT2D eigenvalue weighted by molar-refractivity contribution is 5.90. The minimum atomic E-state index is -0.411. The first-order valence-corrected chi connectivity index (χ1v) is 15.9. The number of carbonyl (C=O) groups is 1. The second kappa shape index (κ2) is 13.6. The van der Waals surface area contributed by atoms with E-state index in [9.17, 15) is 4.79 Å². The lowest BCUT2D eigenvalue weighted by Gasteiger charge is -2.30. The quantitative estimate of drug-likeness (QED) is 0.176. The molecule has 3 rings (SSSR count). The summed E-state index contributed by atoms with van der Waals surface area (Å²) >= 11 is 0. The van der Waals surface area contributed by atoms with Crippen LogP contribution >= 0.6 is 0 Å². The third-order valence-corrected chi connectivity index (χ3v) is 10.3. The molecule has 0 unspecified atom stereocenters. The van der Waals surface area contributed by atoms with Crippen molar-refractivity contribution < 1.29 is 14.3 Å². The molecule has 0 N–H and O–H groups in total. The van der Waals surface area contributed by atoms with Crippen molar-refractivity contribution in [3.8, 4) is 22.3 Å². The van der Waals surface area contributed by atoms with Crippen molar-refractivity contribution in [2.75, 3.05) is 13.7 Å². The summed E-state index contributed by atoms with van der Waals surface area (Å²) in [5, 5.41) is 0. The molecule has 0 atom stereocenters. The third kappa shape index (κ3) is 5.86. The van der Waals surface area contributed by atoms with Gasteiger partial charge in [-0.05, 0) is 189 Å². The number of esters is 1. The van der Waals surface area contributed by atoms with Gasteiger partial charge < -0.3 is 9.47 Å². The summed E-state index contributed by atoms with van der Waals surface area (Å²) in [6.07, 6.45) is 2.99. The van der Waals surface area contributed by atoms with Crippen LogP contribution in [0.15, 0.2) is 12.2 Å². The third-order valence-electron chi connectivity index (χ3n) is 10.3. The summed E-state index contributed by atoms with van der Waals surface area (Å²) in [6, 6.07) is 0. The van der Waals surface area contributed by atoms with Crippen LogP contribution in [0.4, 0.5) is 0 Å². The zero-order valence-corrected chi connectivity index (χ0v) is 29.5. The standard InChI is InChI=1S/C40H54O3/c1-16-32-22(5)26(9)36(27(10)23(32)6)38-30(13)34(18-3)39(31(14)33(38)17-2)37-28(11)24(7)35(25(8)29(37)12)20-43-40(41)21(4)19-42-15/h4,16-20H2,1-3,5-15H3. The van der Waals surface area contributed by atoms with E-state index in [0.29, 0.717) is 5.57 Å². The molecule has 0 fully saturated rings. The average Bonchev–Trinajstić information content (AvgIpc) is 2.97. The number of methoxy groups -OCH3 is 1. The van der Waals surface area contributed by atoms with E-state index in [-0.39, 0.29) is 13.2 Å². The first-order valence-electron chi connectivity index (χ1n) is 15.9. The Morgan fingerprint density at radius 1 is 0.512 bits per heavy atom. The molecule has 0 aromatic heterocycles. The van der Waals surface area contributed by atoms with Gasteiger partial charge in [0.05, 0.1) is 12.2 Å². The molecule has 43 heavy (non-hydrogen) atoms. The Hall–Kier alpha value is -3.17. The van der Waals surface area contributed by atoms with Crippen molar-refractivity contribution in [2.24, 2.45) is 0 Å². The van der Waals surface area contributed by atoms with E-state index in [2.05, 4.69) is 96.6 Å². The first-order chi connectivity index (χ1) is 20.2. The Morgan fingerprint density at radius 2 is 0.860 bits per heavy atom. The molecule has 3 heteroatoms. The Morgan fingerprint density at radius 3 is 1.19 bits per heavy atom. The smallest absolute Gasteiger partial charge is 0.336 e. The van der Waals surface area contributed by atoms with Gasteiger partial charge in [0.1, 0.15) is 6.61 Å². The summed E-state index contributed by atoms with van der Waals surface area (Å²) in [6.45, 7) is 33.8. The molecular formula is C40H54O3. The fraction of sp³-hybridized carbons (Fsp3) is 0.475. The summed E-state index contributed by atoms with van der Waals surface area (Å²) in [7, 11) is 1.55. The van der Waals surface area contributed by atoms with E-state index >= 15 is 0 Å². The molecule has 0 bridgehead atoms. The monoisotopic (exact) mass is 582 g/mol. The van der Waals surface area contributed by atoms with E-state index in [0.717, 1.165) is 24.8 Å². The van der Waals surface area contributed by atoms with Crippen LogP contribution in [0.25, 0.3) is 22.3 Å². The molecule has 0 aliphatic heterocycles. The van der Waals surface area contributed by atoms with Crippen LogP contribution in [0.3, 0.4) is 0 Å². The Bertz CT molecular complexity index is 1540. The lowest BCUT2D eigenvalue weighted by Crippen LogP contribution is -2.14. The molecular weight excluding hydrogens is 528 g/mol. The zero-order valence-electron chi connectivity index (χ0n) is 29.5. The molecule has 3 aromatic rings. The normalized spacial score (nSPS) is 11.3. The number of rotatable bonds is 10. The molecule has 0 heterocycles. The van der Waals surface area contributed by atoms with Gasteiger partial charge in [-0.2, -0.15) is 0 Å². The predicted octanol–water partition coefficient (Wildman–Crippen LogP) is 10.0. The van der Waals surface area contributed by atoms with E-state index in [1.807, 2.05) is 0 Å². The summed E-state index contributed by atoms with van der Waals surface area (Å²) in [5.74, 6) is -0.411. The van der Waals surface area contributed by atoms with E-state index in [1.54, 1.807) is 7.11 Å². The minimum absolute atomic E-state index is 0.170. The maximum Gasteiger partial charge on any atom is 0.336 e. The SMILES string of the molecule is C=C(COC)C(=O)OCc1c(C)c(C)c(-c2c(C)c(CC)c(-c3c(C)c(C)c(CC)c(C)c3C)c(C)c2CC)c(C)c1C. The average molecular weight is 583 g/mol. The van der Waals surface area contributed by atoms with Gasteiger partial charge >= 0.3 is 5.97 Å². The maximum atomic E-state index is 12.5. The predicted molar refractivity (Wildman–Crippen MR) is 184 cm³/mol. The molecule has 0 saturated heterocycles. The lowest BCUT2D eigenvalue weighted by molar-refractivity contribution is -0.140. The summed E-state index contributed by atoms with van der Waals surface area (Å²) in [4.78, 5) is 12.5. The molecule has 0 aliphatic carbocycles. The summed E-state index contributed by atoms with van der Waals surface area (Å²) in [5.41, 5.74) is 24.7. The van der Waals surface area contributed by atoms with Crippen molar-refractivity contribution in [1.29, 1.82) is 0 Å². The molecule has 0 saturated carbocycles. The van der Waals surface area contributed by atoms with Gasteiger partial charge in [-0.3, -0.25) is 0 Å². The molecule has 3 aromatic carbocycles. The molecule has 232 valence electrons. The van der Waals surface area contributed by atoms with Crippen LogP contribution in [0, 0.1) is 69.2 Å². The van der Waals surface area contributed by atoms with Crippen molar-refractivity contribution in [2.45, 2.75) is 116 Å². The highest BCUT2D eigenvalue weighted by Crippen LogP contribution is 2.46. The second-order valence-electron chi connectivity index (χ2n) is 12.3. The number of carbonyl (C=O) groups excluding carboxylic acids is 1. The number of hydrogen-bond acceptors (Lipinski definition) is 3. The van der Waals surface area contributed by atoms with Gasteiger partial charge in [0, 0.05) is 7.11 Å². The van der Waals surface area contributed by atoms with Crippen molar-refractivity contribution in [1.82, 2.24) is 0 Å². The van der Waals surface area contributed by atoms with Gasteiger partial charge in [-0.15, -0.1) is 0 Å². The molecule has 0 spiro atoms. The van der Waals surface area contributed by atoms with Crippen LogP contribution < -0.4 is 0 Å². The Balaban J connectivity index is 2.35. The minimum Gasteiger partial charge on any atom is -0.457 e. The highest BCUT2D eigenvalue weighted by Gasteiger charge is 2.27. The number of hydrogen-bond donors (Lipinski definition) is 0. The fourth-order valence-electron chi connectivity index (χ4n) is 7.44. The highest BCUT2D eigenvalue weighted by atomic mass is 16.5. The van der Waals surface area contributed by atoms with E-state index in [1.165, 1.54) is 94.6 Å². The van der Waals surface area contributed by atoms with Crippen LogP contribution in [0.1, 0.15) is 98.7 Å². The Labute approximate surface area is 261 Å². The second-order valence-corrected chi connectivity index (χ2v) is 12.3.